The van der Waals surface area contributed by atoms with Crippen molar-refractivity contribution in [2.75, 3.05) is 24.7 Å². The highest BCUT2D eigenvalue weighted by Crippen LogP contribution is 2.32. The van der Waals surface area contributed by atoms with Crippen molar-refractivity contribution in [2.24, 2.45) is 0 Å². The quantitative estimate of drug-likeness (QED) is 0.161. The van der Waals surface area contributed by atoms with Crippen LogP contribution in [-0.2, 0) is 44.9 Å². The Hall–Kier alpha value is -2.31. The molecule has 1 unspecified atom stereocenters. The molecule has 0 bridgehead atoms. The number of aliphatic hydroxyl groups is 5. The maximum Gasteiger partial charge on any atom is 0.170 e. The molecular formula is C32H41O8S+. The molecule has 4 rings (SSSR count). The molecule has 0 amide bonds. The Kier molecular flexibility index (Phi) is 12.6. The van der Waals surface area contributed by atoms with Gasteiger partial charge in [0.25, 0.3) is 0 Å². The van der Waals surface area contributed by atoms with Gasteiger partial charge in [-0.15, -0.1) is 0 Å². The van der Waals surface area contributed by atoms with Gasteiger partial charge < -0.3 is 39.7 Å². The molecule has 8 nitrogen and oxygen atoms in total. The number of benzene rings is 3. The summed E-state index contributed by atoms with van der Waals surface area (Å²) in [6.45, 7) is 0.834. The molecule has 0 aromatic heterocycles. The summed E-state index contributed by atoms with van der Waals surface area (Å²) in [5, 5.41) is 50.4. The predicted molar refractivity (Wildman–Crippen MR) is 158 cm³/mol. The van der Waals surface area contributed by atoms with E-state index < -0.39 is 41.9 Å². The third kappa shape index (κ3) is 9.34. The van der Waals surface area contributed by atoms with Gasteiger partial charge in [0.15, 0.2) is 5.25 Å². The van der Waals surface area contributed by atoms with E-state index in [1.807, 2.05) is 91.0 Å². The fourth-order valence-corrected chi connectivity index (χ4v) is 7.79. The van der Waals surface area contributed by atoms with Gasteiger partial charge in [-0.3, -0.25) is 0 Å². The van der Waals surface area contributed by atoms with E-state index in [1.54, 1.807) is 0 Å². The summed E-state index contributed by atoms with van der Waals surface area (Å²) in [6, 6.07) is 29.6. The van der Waals surface area contributed by atoms with Crippen molar-refractivity contribution in [1.29, 1.82) is 0 Å². The van der Waals surface area contributed by atoms with Crippen LogP contribution >= 0.6 is 0 Å². The Morgan fingerprint density at radius 1 is 0.659 bits per heavy atom. The van der Waals surface area contributed by atoms with Crippen LogP contribution in [0.1, 0.15) is 16.7 Å². The molecule has 0 saturated carbocycles. The Bertz CT molecular complexity index is 1120. The van der Waals surface area contributed by atoms with E-state index in [1.165, 1.54) is 0 Å². The van der Waals surface area contributed by atoms with Crippen LogP contribution in [0.5, 0.6) is 0 Å². The van der Waals surface area contributed by atoms with E-state index in [9.17, 15) is 25.5 Å². The van der Waals surface area contributed by atoms with Gasteiger partial charge in [0, 0.05) is 10.9 Å². The van der Waals surface area contributed by atoms with Crippen molar-refractivity contribution < 1.29 is 39.7 Å². The summed E-state index contributed by atoms with van der Waals surface area (Å²) >= 11 is 0. The first kappa shape index (κ1) is 31.6. The number of ether oxygens (including phenoxy) is 3. The van der Waals surface area contributed by atoms with E-state index in [4.69, 9.17) is 14.2 Å². The fraction of sp³-hybridized carbons (Fsp3) is 0.438. The minimum atomic E-state index is -1.68. The summed E-state index contributed by atoms with van der Waals surface area (Å²) < 4.78 is 19.1. The van der Waals surface area contributed by atoms with Crippen molar-refractivity contribution >= 4 is 10.9 Å². The second kappa shape index (κ2) is 16.4. The molecule has 0 radical (unpaired) electrons. The second-order valence-electron chi connectivity index (χ2n) is 10.3. The standard InChI is InChI=1S/C32H41O8S/c33-16-26(34)30(36)31(37)27(35)21-41-22-28(39-18-24-12-6-2-7-13-24)32(40-19-25-14-8-3-9-15-25)29(41)20-38-17-23-10-4-1-5-11-23/h1-15,26-37H,16-22H2/q+1/t26-,27+,28+,29+,30+,31+,32+,41?/m0/s1. The minimum absolute atomic E-state index is 0.148. The van der Waals surface area contributed by atoms with Crippen LogP contribution < -0.4 is 0 Å². The molecule has 3 aromatic carbocycles. The summed E-state index contributed by atoms with van der Waals surface area (Å²) in [7, 11) is -0.522. The van der Waals surface area contributed by atoms with E-state index in [0.29, 0.717) is 32.2 Å². The van der Waals surface area contributed by atoms with Crippen molar-refractivity contribution in [2.45, 2.75) is 61.7 Å². The lowest BCUT2D eigenvalue weighted by molar-refractivity contribution is -0.109. The molecule has 222 valence electrons. The molecule has 1 fully saturated rings. The molecule has 8 atom stereocenters. The number of hydrogen-bond acceptors (Lipinski definition) is 8. The average Bonchev–Trinajstić information content (AvgIpc) is 3.34. The summed E-state index contributed by atoms with van der Waals surface area (Å²) in [6.07, 6.45) is -6.80. The maximum atomic E-state index is 10.9. The Morgan fingerprint density at radius 2 is 1.15 bits per heavy atom. The van der Waals surface area contributed by atoms with Gasteiger partial charge in [0.2, 0.25) is 0 Å². The van der Waals surface area contributed by atoms with Crippen LogP contribution in [0.3, 0.4) is 0 Å². The first-order valence-electron chi connectivity index (χ1n) is 13.9. The molecule has 1 saturated heterocycles. The Morgan fingerprint density at radius 3 is 1.68 bits per heavy atom. The summed E-state index contributed by atoms with van der Waals surface area (Å²) in [4.78, 5) is 0. The average molecular weight is 586 g/mol. The van der Waals surface area contributed by atoms with Crippen molar-refractivity contribution in [3.8, 4) is 0 Å². The number of aliphatic hydroxyl groups excluding tert-OH is 5. The molecule has 1 aliphatic rings. The molecule has 0 spiro atoms. The normalized spacial score (nSPS) is 23.6. The van der Waals surface area contributed by atoms with Crippen LogP contribution in [0.25, 0.3) is 0 Å². The van der Waals surface area contributed by atoms with E-state index in [0.717, 1.165) is 16.7 Å². The van der Waals surface area contributed by atoms with Gasteiger partial charge in [-0.2, -0.15) is 0 Å². The highest BCUT2D eigenvalue weighted by Gasteiger charge is 2.54. The van der Waals surface area contributed by atoms with Crippen molar-refractivity contribution in [3.05, 3.63) is 108 Å². The van der Waals surface area contributed by atoms with Crippen LogP contribution in [0, 0.1) is 0 Å². The first-order valence-corrected chi connectivity index (χ1v) is 15.5. The van der Waals surface area contributed by atoms with E-state index in [-0.39, 0.29) is 23.2 Å². The molecule has 9 heteroatoms. The lowest BCUT2D eigenvalue weighted by Gasteiger charge is -2.26. The SMILES string of the molecule is OC[C@H](O)[C@@H](O)[C@H](O)[C@H](O)C[S+]1C[C@@H](OCc2ccccc2)[C@@H](OCc2ccccc2)[C@H]1COCc1ccccc1. The monoisotopic (exact) mass is 585 g/mol. The second-order valence-corrected chi connectivity index (χ2v) is 12.7. The van der Waals surface area contributed by atoms with Crippen LogP contribution in [0.15, 0.2) is 91.0 Å². The van der Waals surface area contributed by atoms with Crippen molar-refractivity contribution in [1.82, 2.24) is 0 Å². The Balaban J connectivity index is 1.52. The highest BCUT2D eigenvalue weighted by atomic mass is 32.2. The third-order valence-corrected chi connectivity index (χ3v) is 10.0. The Labute approximate surface area is 244 Å². The lowest BCUT2D eigenvalue weighted by atomic mass is 10.0. The lowest BCUT2D eigenvalue weighted by Crippen LogP contribution is -2.49. The molecular weight excluding hydrogens is 544 g/mol. The molecule has 5 N–H and O–H groups in total. The third-order valence-electron chi connectivity index (χ3n) is 7.24. The largest absolute Gasteiger partial charge is 0.394 e. The molecule has 0 aliphatic carbocycles. The van der Waals surface area contributed by atoms with Gasteiger partial charge >= 0.3 is 0 Å². The highest BCUT2D eigenvalue weighted by molar-refractivity contribution is 7.97. The maximum absolute atomic E-state index is 10.9. The van der Waals surface area contributed by atoms with Gasteiger partial charge in [-0.1, -0.05) is 91.0 Å². The smallest absolute Gasteiger partial charge is 0.170 e. The van der Waals surface area contributed by atoms with Crippen LogP contribution in [-0.4, -0.2) is 92.1 Å². The molecule has 3 aromatic rings. The van der Waals surface area contributed by atoms with Crippen LogP contribution in [0.4, 0.5) is 0 Å². The molecule has 1 aliphatic heterocycles. The zero-order valence-corrected chi connectivity index (χ0v) is 23.8. The predicted octanol–water partition coefficient (Wildman–Crippen LogP) is 1.81. The summed E-state index contributed by atoms with van der Waals surface area (Å²) in [5.74, 6) is 0.736. The number of hydrogen-bond donors (Lipinski definition) is 5. The first-order chi connectivity index (χ1) is 20.0. The molecule has 1 heterocycles. The fourth-order valence-electron chi connectivity index (χ4n) is 4.89. The van der Waals surface area contributed by atoms with E-state index >= 15 is 0 Å². The zero-order valence-electron chi connectivity index (χ0n) is 23.0. The van der Waals surface area contributed by atoms with Gasteiger partial charge in [-0.05, 0) is 16.7 Å². The van der Waals surface area contributed by atoms with Crippen LogP contribution in [0.2, 0.25) is 0 Å². The topological polar surface area (TPSA) is 129 Å². The van der Waals surface area contributed by atoms with Gasteiger partial charge in [0.05, 0.1) is 33.0 Å². The number of rotatable bonds is 16. The zero-order chi connectivity index (χ0) is 29.0. The van der Waals surface area contributed by atoms with Gasteiger partial charge in [0.1, 0.15) is 48.1 Å². The van der Waals surface area contributed by atoms with Crippen molar-refractivity contribution in [3.63, 3.8) is 0 Å². The molecule has 41 heavy (non-hydrogen) atoms. The van der Waals surface area contributed by atoms with Gasteiger partial charge in [-0.25, -0.2) is 0 Å². The minimum Gasteiger partial charge on any atom is -0.394 e. The van der Waals surface area contributed by atoms with E-state index in [2.05, 4.69) is 0 Å². The summed E-state index contributed by atoms with van der Waals surface area (Å²) in [5.41, 5.74) is 3.11.